The minimum absolute atomic E-state index is 0.0635. The van der Waals surface area contributed by atoms with E-state index in [1.54, 1.807) is 6.07 Å². The fraction of sp³-hybridized carbons (Fsp3) is 0.100. The summed E-state index contributed by atoms with van der Waals surface area (Å²) in [5.41, 5.74) is 3.30. The van der Waals surface area contributed by atoms with Gasteiger partial charge in [-0.05, 0) is 30.2 Å². The molecule has 140 valence electrons. The Bertz CT molecular complexity index is 1210. The number of aromatic carboxylic acids is 2. The lowest BCUT2D eigenvalue weighted by atomic mass is 10.0. The molecule has 0 fully saturated rings. The van der Waals surface area contributed by atoms with E-state index in [2.05, 4.69) is 22.1 Å². The first-order chi connectivity index (χ1) is 13.5. The second-order valence-electron chi connectivity index (χ2n) is 6.18. The number of H-pyrrole nitrogens is 1. The van der Waals surface area contributed by atoms with Gasteiger partial charge in [-0.3, -0.25) is 5.10 Å². The number of hydrogen-bond donors (Lipinski definition) is 3. The molecule has 0 unspecified atom stereocenters. The number of thiophene rings is 1. The molecule has 0 bridgehead atoms. The molecule has 28 heavy (non-hydrogen) atoms. The summed E-state index contributed by atoms with van der Waals surface area (Å²) in [6, 6.07) is 12.4. The number of fused-ring (bicyclic) bond motifs is 1. The molecule has 0 saturated carbocycles. The lowest BCUT2D eigenvalue weighted by molar-refractivity contribution is 0.0689. The largest absolute Gasteiger partial charge is 0.478 e. The van der Waals surface area contributed by atoms with Gasteiger partial charge < -0.3 is 10.2 Å². The van der Waals surface area contributed by atoms with Crippen LogP contribution < -0.4 is 0 Å². The lowest BCUT2D eigenvalue weighted by Crippen LogP contribution is -2.00. The number of hydrogen-bond acceptors (Lipinski definition) is 5. The number of nitrogens with zero attached hydrogens (tertiary/aromatic N) is 2. The number of rotatable bonds is 5. The molecule has 7 nitrogen and oxygen atoms in total. The van der Waals surface area contributed by atoms with Gasteiger partial charge in [-0.1, -0.05) is 31.2 Å². The number of aromatic amines is 1. The van der Waals surface area contributed by atoms with Crippen LogP contribution in [0.15, 0.2) is 42.5 Å². The molecule has 0 spiro atoms. The molecular formula is C20H15N3O4S. The van der Waals surface area contributed by atoms with Gasteiger partial charge in [0.15, 0.2) is 5.65 Å². The van der Waals surface area contributed by atoms with E-state index in [-0.39, 0.29) is 16.1 Å². The Morgan fingerprint density at radius 3 is 2.43 bits per heavy atom. The van der Waals surface area contributed by atoms with Crippen molar-refractivity contribution in [3.05, 3.63) is 58.5 Å². The number of carboxylic acid groups (broad SMARTS) is 2. The molecule has 3 N–H and O–H groups in total. The zero-order chi connectivity index (χ0) is 19.8. The van der Waals surface area contributed by atoms with Crippen LogP contribution in [0, 0.1) is 0 Å². The van der Waals surface area contributed by atoms with Crippen LogP contribution >= 0.6 is 11.3 Å². The molecule has 0 atom stereocenters. The minimum Gasteiger partial charge on any atom is -0.478 e. The van der Waals surface area contributed by atoms with Gasteiger partial charge in [0.25, 0.3) is 0 Å². The highest BCUT2D eigenvalue weighted by molar-refractivity contribution is 7.17. The average molecular weight is 393 g/mol. The molecule has 3 aromatic heterocycles. The third kappa shape index (κ3) is 3.03. The van der Waals surface area contributed by atoms with Gasteiger partial charge in [-0.2, -0.15) is 5.10 Å². The molecule has 0 aliphatic carbocycles. The molecule has 0 aliphatic heterocycles. The third-order valence-corrected chi connectivity index (χ3v) is 5.57. The minimum atomic E-state index is -1.10. The van der Waals surface area contributed by atoms with Crippen molar-refractivity contribution in [2.45, 2.75) is 13.3 Å². The van der Waals surface area contributed by atoms with E-state index in [1.165, 1.54) is 17.7 Å². The number of benzene rings is 1. The first kappa shape index (κ1) is 17.9. The maximum atomic E-state index is 11.9. The summed E-state index contributed by atoms with van der Waals surface area (Å²) >= 11 is 1.04. The van der Waals surface area contributed by atoms with E-state index in [1.807, 2.05) is 24.3 Å². The van der Waals surface area contributed by atoms with Crippen molar-refractivity contribution in [3.63, 3.8) is 0 Å². The molecular weight excluding hydrogens is 378 g/mol. The van der Waals surface area contributed by atoms with Crippen molar-refractivity contribution < 1.29 is 19.8 Å². The number of carbonyl (C=O) groups is 2. The van der Waals surface area contributed by atoms with Crippen LogP contribution in [0.25, 0.3) is 32.9 Å². The standard InChI is InChI=1S/C20H15N3O4S/c1-2-10-3-5-11(6-4-10)17-16-12(19(24)25)9-13(21-18(16)23-22-17)14-7-8-15(28-14)20(26)27/h3-9H,2H2,1H3,(H,24,25)(H,26,27)(H,21,22,23). The van der Waals surface area contributed by atoms with Gasteiger partial charge in [-0.25, -0.2) is 14.6 Å². The normalized spacial score (nSPS) is 11.0. The van der Waals surface area contributed by atoms with E-state index >= 15 is 0 Å². The van der Waals surface area contributed by atoms with Gasteiger partial charge in [0.05, 0.1) is 27.2 Å². The monoisotopic (exact) mass is 393 g/mol. The topological polar surface area (TPSA) is 116 Å². The Hall–Kier alpha value is -3.52. The number of nitrogens with one attached hydrogen (secondary N) is 1. The van der Waals surface area contributed by atoms with Gasteiger partial charge in [0.2, 0.25) is 0 Å². The highest BCUT2D eigenvalue weighted by Gasteiger charge is 2.20. The van der Waals surface area contributed by atoms with Crippen LogP contribution in [0.3, 0.4) is 0 Å². The summed E-state index contributed by atoms with van der Waals surface area (Å²) in [6.45, 7) is 2.06. The second-order valence-corrected chi connectivity index (χ2v) is 7.26. The molecule has 0 saturated heterocycles. The maximum absolute atomic E-state index is 11.9. The van der Waals surface area contributed by atoms with Gasteiger partial charge in [0.1, 0.15) is 4.88 Å². The van der Waals surface area contributed by atoms with Gasteiger partial charge >= 0.3 is 11.9 Å². The molecule has 0 amide bonds. The predicted octanol–water partition coefficient (Wildman–Crippen LogP) is 4.31. The molecule has 0 aliphatic rings. The van der Waals surface area contributed by atoms with Crippen molar-refractivity contribution in [3.8, 4) is 21.8 Å². The fourth-order valence-electron chi connectivity index (χ4n) is 3.03. The Labute approximate surface area is 163 Å². The van der Waals surface area contributed by atoms with E-state index in [0.29, 0.717) is 21.7 Å². The van der Waals surface area contributed by atoms with Crippen molar-refractivity contribution in [1.29, 1.82) is 0 Å². The number of pyridine rings is 1. The zero-order valence-corrected chi connectivity index (χ0v) is 15.6. The molecule has 0 radical (unpaired) electrons. The molecule has 4 rings (SSSR count). The van der Waals surface area contributed by atoms with Crippen molar-refractivity contribution >= 4 is 34.3 Å². The van der Waals surface area contributed by atoms with E-state index in [4.69, 9.17) is 5.11 Å². The summed E-state index contributed by atoms with van der Waals surface area (Å²) in [6.07, 6.45) is 0.911. The van der Waals surface area contributed by atoms with E-state index in [9.17, 15) is 14.7 Å². The Morgan fingerprint density at radius 2 is 1.82 bits per heavy atom. The summed E-state index contributed by atoms with van der Waals surface area (Å²) < 4.78 is 0. The Balaban J connectivity index is 1.89. The third-order valence-electron chi connectivity index (χ3n) is 4.47. The zero-order valence-electron chi connectivity index (χ0n) is 14.8. The summed E-state index contributed by atoms with van der Waals surface area (Å²) in [5, 5.41) is 26.4. The smallest absolute Gasteiger partial charge is 0.345 e. The molecule has 1 aromatic carbocycles. The van der Waals surface area contributed by atoms with Gasteiger partial charge in [-0.15, -0.1) is 11.3 Å². The van der Waals surface area contributed by atoms with Crippen LogP contribution in [0.2, 0.25) is 0 Å². The second kappa shape index (κ2) is 6.90. The SMILES string of the molecule is CCc1ccc(-c2[nH]nc3nc(-c4ccc(C(=O)O)s4)cc(C(=O)O)c23)cc1. The summed E-state index contributed by atoms with van der Waals surface area (Å²) in [7, 11) is 0. The lowest BCUT2D eigenvalue weighted by Gasteiger charge is -2.05. The Kier molecular flexibility index (Phi) is 4.40. The highest BCUT2D eigenvalue weighted by Crippen LogP contribution is 2.33. The van der Waals surface area contributed by atoms with Crippen LogP contribution in [0.1, 0.15) is 32.5 Å². The quantitative estimate of drug-likeness (QED) is 0.465. The van der Waals surface area contributed by atoms with E-state index in [0.717, 1.165) is 23.3 Å². The van der Waals surface area contributed by atoms with Crippen molar-refractivity contribution in [2.75, 3.05) is 0 Å². The van der Waals surface area contributed by atoms with Crippen LogP contribution in [-0.2, 0) is 6.42 Å². The predicted molar refractivity (Wildman–Crippen MR) is 106 cm³/mol. The fourth-order valence-corrected chi connectivity index (χ4v) is 3.83. The number of carboxylic acids is 2. The van der Waals surface area contributed by atoms with Crippen molar-refractivity contribution in [1.82, 2.24) is 15.2 Å². The first-order valence-corrected chi connectivity index (χ1v) is 9.34. The number of aromatic nitrogens is 3. The van der Waals surface area contributed by atoms with Gasteiger partial charge in [0, 0.05) is 5.56 Å². The van der Waals surface area contributed by atoms with Crippen LogP contribution in [0.4, 0.5) is 0 Å². The average Bonchev–Trinajstić information content (AvgIpc) is 3.34. The molecule has 8 heteroatoms. The maximum Gasteiger partial charge on any atom is 0.345 e. The summed E-state index contributed by atoms with van der Waals surface area (Å²) in [5.74, 6) is -2.13. The van der Waals surface area contributed by atoms with E-state index < -0.39 is 11.9 Å². The molecule has 3 heterocycles. The Morgan fingerprint density at radius 1 is 1.07 bits per heavy atom. The van der Waals surface area contributed by atoms with Crippen LogP contribution in [-0.4, -0.2) is 37.3 Å². The van der Waals surface area contributed by atoms with Crippen LogP contribution in [0.5, 0.6) is 0 Å². The van der Waals surface area contributed by atoms with Crippen molar-refractivity contribution in [2.24, 2.45) is 0 Å². The number of aryl methyl sites for hydroxylation is 1. The first-order valence-electron chi connectivity index (χ1n) is 8.53. The highest BCUT2D eigenvalue weighted by atomic mass is 32.1. The summed E-state index contributed by atoms with van der Waals surface area (Å²) in [4.78, 5) is 28.2. The molecule has 4 aromatic rings.